The van der Waals surface area contributed by atoms with Gasteiger partial charge >= 0.3 is 0 Å². The minimum absolute atomic E-state index is 0.107. The van der Waals surface area contributed by atoms with Gasteiger partial charge in [-0.1, -0.05) is 27.2 Å². The average molecular weight is 251 g/mol. The van der Waals surface area contributed by atoms with Gasteiger partial charge in [0.25, 0.3) is 0 Å². The zero-order valence-corrected chi connectivity index (χ0v) is 12.0. The zero-order valence-electron chi connectivity index (χ0n) is 11.2. The zero-order chi connectivity index (χ0) is 12.6. The summed E-state index contributed by atoms with van der Waals surface area (Å²) in [6.45, 7) is 8.59. The van der Waals surface area contributed by atoms with Crippen molar-refractivity contribution in [3.8, 4) is 0 Å². The highest BCUT2D eigenvalue weighted by Crippen LogP contribution is 2.41. The normalized spacial score (nSPS) is 20.1. The van der Waals surface area contributed by atoms with E-state index in [0.717, 1.165) is 18.8 Å². The third-order valence-electron chi connectivity index (χ3n) is 4.26. The second kappa shape index (κ2) is 4.52. The SMILES string of the molecule is CCC(C)(C)C1CCc2nc(C(C)=O)sc2C1. The van der Waals surface area contributed by atoms with Gasteiger partial charge in [0.05, 0.1) is 5.69 Å². The second-order valence-electron chi connectivity index (χ2n) is 5.73. The van der Waals surface area contributed by atoms with Crippen molar-refractivity contribution >= 4 is 17.1 Å². The van der Waals surface area contributed by atoms with Crippen molar-refractivity contribution in [2.45, 2.75) is 53.4 Å². The van der Waals surface area contributed by atoms with Crippen LogP contribution in [0.15, 0.2) is 0 Å². The molecule has 0 fully saturated rings. The van der Waals surface area contributed by atoms with Crippen LogP contribution in [-0.4, -0.2) is 10.8 Å². The van der Waals surface area contributed by atoms with Crippen LogP contribution >= 0.6 is 11.3 Å². The first-order valence-corrected chi connectivity index (χ1v) is 7.25. The van der Waals surface area contributed by atoms with E-state index in [0.29, 0.717) is 10.4 Å². The molecule has 0 bridgehead atoms. The Bertz CT molecular complexity index is 433. The van der Waals surface area contributed by atoms with Gasteiger partial charge < -0.3 is 0 Å². The van der Waals surface area contributed by atoms with Gasteiger partial charge in [-0.05, 0) is 30.6 Å². The molecular weight excluding hydrogens is 230 g/mol. The number of Topliss-reactive ketones (excluding diaryl/α,β-unsaturated/α-hetero) is 1. The first kappa shape index (κ1) is 12.7. The van der Waals surface area contributed by atoms with E-state index in [1.807, 2.05) is 0 Å². The lowest BCUT2D eigenvalue weighted by Gasteiger charge is -2.35. The summed E-state index contributed by atoms with van der Waals surface area (Å²) in [6.07, 6.45) is 4.59. The van der Waals surface area contributed by atoms with E-state index in [2.05, 4.69) is 25.8 Å². The first-order chi connectivity index (χ1) is 7.94. The molecule has 1 unspecified atom stereocenters. The van der Waals surface area contributed by atoms with E-state index in [4.69, 9.17) is 0 Å². The maximum absolute atomic E-state index is 11.3. The van der Waals surface area contributed by atoms with Gasteiger partial charge in [-0.15, -0.1) is 11.3 Å². The first-order valence-electron chi connectivity index (χ1n) is 6.43. The molecule has 1 aromatic rings. The van der Waals surface area contributed by atoms with Crippen LogP contribution < -0.4 is 0 Å². The Kier molecular flexibility index (Phi) is 3.39. The van der Waals surface area contributed by atoms with Gasteiger partial charge in [0.15, 0.2) is 10.8 Å². The minimum atomic E-state index is 0.107. The van der Waals surface area contributed by atoms with Crippen molar-refractivity contribution in [2.24, 2.45) is 11.3 Å². The number of aryl methyl sites for hydroxylation is 1. The third-order valence-corrected chi connectivity index (χ3v) is 5.48. The molecule has 0 N–H and O–H groups in total. The minimum Gasteiger partial charge on any atom is -0.292 e. The number of hydrogen-bond acceptors (Lipinski definition) is 3. The van der Waals surface area contributed by atoms with Crippen molar-refractivity contribution in [3.05, 3.63) is 15.6 Å². The van der Waals surface area contributed by atoms with Gasteiger partial charge in [-0.3, -0.25) is 4.79 Å². The van der Waals surface area contributed by atoms with Crippen LogP contribution in [0.4, 0.5) is 0 Å². The lowest BCUT2D eigenvalue weighted by Crippen LogP contribution is -2.28. The molecule has 0 saturated carbocycles. The molecule has 1 aromatic heterocycles. The van der Waals surface area contributed by atoms with Crippen LogP contribution in [0.2, 0.25) is 0 Å². The van der Waals surface area contributed by atoms with Gasteiger partial charge in [-0.2, -0.15) is 0 Å². The van der Waals surface area contributed by atoms with Crippen LogP contribution in [0.3, 0.4) is 0 Å². The van der Waals surface area contributed by atoms with Crippen LogP contribution in [0.25, 0.3) is 0 Å². The van der Waals surface area contributed by atoms with Gasteiger partial charge in [-0.25, -0.2) is 4.98 Å². The van der Waals surface area contributed by atoms with E-state index in [1.54, 1.807) is 18.3 Å². The summed E-state index contributed by atoms with van der Waals surface area (Å²) in [5.41, 5.74) is 1.58. The standard InChI is InChI=1S/C14H21NOS/c1-5-14(3,4)10-6-7-11-12(8-10)17-13(15-11)9(2)16/h10H,5-8H2,1-4H3. The number of nitrogens with zero attached hydrogens (tertiary/aromatic N) is 1. The topological polar surface area (TPSA) is 30.0 Å². The van der Waals surface area contributed by atoms with Crippen molar-refractivity contribution < 1.29 is 4.79 Å². The summed E-state index contributed by atoms with van der Waals surface area (Å²) in [6, 6.07) is 0. The van der Waals surface area contributed by atoms with Crippen molar-refractivity contribution in [2.75, 3.05) is 0 Å². The summed E-state index contributed by atoms with van der Waals surface area (Å²) in [7, 11) is 0. The number of ketones is 1. The molecule has 17 heavy (non-hydrogen) atoms. The smallest absolute Gasteiger partial charge is 0.188 e. The summed E-state index contributed by atoms with van der Waals surface area (Å²) in [5, 5.41) is 0.699. The Labute approximate surface area is 107 Å². The molecule has 0 spiro atoms. The average Bonchev–Trinajstić information content (AvgIpc) is 2.71. The maximum atomic E-state index is 11.3. The van der Waals surface area contributed by atoms with E-state index in [9.17, 15) is 4.79 Å². The number of aromatic nitrogens is 1. The van der Waals surface area contributed by atoms with Crippen LogP contribution in [-0.2, 0) is 12.8 Å². The quantitative estimate of drug-likeness (QED) is 0.763. The Balaban J connectivity index is 2.21. The molecule has 0 radical (unpaired) electrons. The molecule has 1 aliphatic carbocycles. The molecule has 3 heteroatoms. The highest BCUT2D eigenvalue weighted by Gasteiger charge is 2.32. The molecule has 0 aliphatic heterocycles. The highest BCUT2D eigenvalue weighted by molar-refractivity contribution is 7.13. The molecule has 1 heterocycles. The number of fused-ring (bicyclic) bond motifs is 1. The molecule has 0 amide bonds. The monoisotopic (exact) mass is 251 g/mol. The summed E-state index contributed by atoms with van der Waals surface area (Å²) in [4.78, 5) is 17.2. The van der Waals surface area contributed by atoms with E-state index in [1.165, 1.54) is 23.4 Å². The Morgan fingerprint density at radius 2 is 2.24 bits per heavy atom. The summed E-state index contributed by atoms with van der Waals surface area (Å²) < 4.78 is 0. The molecule has 94 valence electrons. The molecule has 1 aliphatic rings. The molecule has 2 nitrogen and oxygen atoms in total. The van der Waals surface area contributed by atoms with E-state index >= 15 is 0 Å². The second-order valence-corrected chi connectivity index (χ2v) is 6.81. The fraction of sp³-hybridized carbons (Fsp3) is 0.714. The van der Waals surface area contributed by atoms with Gasteiger partial charge in [0, 0.05) is 11.8 Å². The van der Waals surface area contributed by atoms with Crippen molar-refractivity contribution in [1.29, 1.82) is 0 Å². The number of rotatable bonds is 3. The van der Waals surface area contributed by atoms with Crippen LogP contribution in [0.5, 0.6) is 0 Å². The Morgan fingerprint density at radius 1 is 1.53 bits per heavy atom. The molecular formula is C14H21NOS. The van der Waals surface area contributed by atoms with Crippen LogP contribution in [0.1, 0.15) is 60.9 Å². The molecule has 1 atom stereocenters. The third kappa shape index (κ3) is 2.44. The van der Waals surface area contributed by atoms with Crippen LogP contribution in [0, 0.1) is 11.3 Å². The van der Waals surface area contributed by atoms with E-state index < -0.39 is 0 Å². The van der Waals surface area contributed by atoms with Crippen molar-refractivity contribution in [3.63, 3.8) is 0 Å². The van der Waals surface area contributed by atoms with Crippen molar-refractivity contribution in [1.82, 2.24) is 4.98 Å². The Morgan fingerprint density at radius 3 is 2.82 bits per heavy atom. The van der Waals surface area contributed by atoms with Gasteiger partial charge in [0.1, 0.15) is 0 Å². The predicted octanol–water partition coefficient (Wildman–Crippen LogP) is 3.89. The lowest BCUT2D eigenvalue weighted by molar-refractivity contribution is 0.101. The fourth-order valence-corrected chi connectivity index (χ4v) is 3.56. The number of carbonyl (C=O) groups is 1. The molecule has 2 rings (SSSR count). The molecule has 0 aromatic carbocycles. The number of carbonyl (C=O) groups excluding carboxylic acids is 1. The summed E-state index contributed by atoms with van der Waals surface area (Å²) >= 11 is 1.61. The summed E-state index contributed by atoms with van der Waals surface area (Å²) in [5.74, 6) is 0.843. The number of thiazole rings is 1. The van der Waals surface area contributed by atoms with E-state index in [-0.39, 0.29) is 5.78 Å². The Hall–Kier alpha value is -0.700. The largest absolute Gasteiger partial charge is 0.292 e. The maximum Gasteiger partial charge on any atom is 0.188 e. The number of hydrogen-bond donors (Lipinski definition) is 0. The predicted molar refractivity (Wildman–Crippen MR) is 71.7 cm³/mol. The lowest BCUT2D eigenvalue weighted by atomic mass is 9.70. The van der Waals surface area contributed by atoms with Gasteiger partial charge in [0.2, 0.25) is 0 Å². The fourth-order valence-electron chi connectivity index (χ4n) is 2.48. The molecule has 0 saturated heterocycles. The highest BCUT2D eigenvalue weighted by atomic mass is 32.1.